The van der Waals surface area contributed by atoms with Crippen molar-refractivity contribution in [3.05, 3.63) is 59.4 Å². The molecule has 0 saturated heterocycles. The highest BCUT2D eigenvalue weighted by atomic mass is 19.1. The molecule has 0 bridgehead atoms. The Hall–Kier alpha value is -2.95. The number of hydrogen-bond acceptors (Lipinski definition) is 4. The Morgan fingerprint density at radius 3 is 2.42 bits per heavy atom. The first-order valence-corrected chi connectivity index (χ1v) is 8.09. The molecule has 0 N–H and O–H groups in total. The lowest BCUT2D eigenvalue weighted by Gasteiger charge is -2.10. The van der Waals surface area contributed by atoms with Gasteiger partial charge in [-0.2, -0.15) is 0 Å². The minimum absolute atomic E-state index is 0.0809. The van der Waals surface area contributed by atoms with Crippen LogP contribution < -0.4 is 9.47 Å². The number of hydrogen-bond donors (Lipinski definition) is 0. The Balaban J connectivity index is 2.24. The van der Waals surface area contributed by atoms with Crippen molar-refractivity contribution < 1.29 is 18.7 Å². The predicted molar refractivity (Wildman–Crippen MR) is 102 cm³/mol. The largest absolute Gasteiger partial charge is 0.493 e. The maximum absolute atomic E-state index is 14.1. The van der Waals surface area contributed by atoms with Crippen LogP contribution in [0.25, 0.3) is 5.57 Å². The van der Waals surface area contributed by atoms with Gasteiger partial charge in [-0.15, -0.1) is 0 Å². The van der Waals surface area contributed by atoms with Crippen LogP contribution in [0.4, 0.5) is 10.1 Å². The normalized spacial score (nSPS) is 10.8. The van der Waals surface area contributed by atoms with Crippen LogP contribution in [-0.2, 0) is 11.2 Å². The predicted octanol–water partition coefficient (Wildman–Crippen LogP) is 4.70. The Morgan fingerprint density at radius 1 is 1.19 bits per heavy atom. The van der Waals surface area contributed by atoms with Crippen molar-refractivity contribution in [2.75, 3.05) is 14.2 Å². The molecule has 2 rings (SSSR count). The van der Waals surface area contributed by atoms with Crippen molar-refractivity contribution >= 4 is 23.3 Å². The summed E-state index contributed by atoms with van der Waals surface area (Å²) in [6.45, 7) is 7.28. The molecule has 4 nitrogen and oxygen atoms in total. The van der Waals surface area contributed by atoms with Crippen LogP contribution in [0.3, 0.4) is 0 Å². The maximum Gasteiger partial charge on any atom is 0.162 e. The van der Waals surface area contributed by atoms with E-state index in [1.165, 1.54) is 13.0 Å². The lowest BCUT2D eigenvalue weighted by Crippen LogP contribution is -2.00. The SMILES string of the molecule is C=C(C=Nc1cc(OC)c(OC)cc1C)c1ccc(CC(C)=O)c(F)c1. The highest BCUT2D eigenvalue weighted by Crippen LogP contribution is 2.34. The number of carbonyl (C=O) groups excluding carboxylic acids is 1. The van der Waals surface area contributed by atoms with E-state index in [1.807, 2.05) is 13.0 Å². The fourth-order valence-electron chi connectivity index (χ4n) is 2.49. The van der Waals surface area contributed by atoms with Crippen LogP contribution in [0.1, 0.15) is 23.6 Å². The van der Waals surface area contributed by atoms with Gasteiger partial charge in [-0.3, -0.25) is 9.79 Å². The number of aryl methyl sites for hydroxylation is 1. The second-order valence-corrected chi connectivity index (χ2v) is 5.96. The minimum atomic E-state index is -0.422. The van der Waals surface area contributed by atoms with E-state index < -0.39 is 5.82 Å². The van der Waals surface area contributed by atoms with Crippen molar-refractivity contribution in [2.45, 2.75) is 20.3 Å². The van der Waals surface area contributed by atoms with Crippen LogP contribution in [0.2, 0.25) is 0 Å². The van der Waals surface area contributed by atoms with Gasteiger partial charge in [0.2, 0.25) is 0 Å². The van der Waals surface area contributed by atoms with E-state index in [1.54, 1.807) is 38.6 Å². The third-order valence-electron chi connectivity index (χ3n) is 3.92. The molecule has 0 unspecified atom stereocenters. The monoisotopic (exact) mass is 355 g/mol. The summed E-state index contributed by atoms with van der Waals surface area (Å²) < 4.78 is 24.7. The summed E-state index contributed by atoms with van der Waals surface area (Å²) in [7, 11) is 3.14. The van der Waals surface area contributed by atoms with Gasteiger partial charge >= 0.3 is 0 Å². The molecule has 2 aromatic carbocycles. The quantitative estimate of drug-likeness (QED) is 0.677. The molecule has 0 radical (unpaired) electrons. The number of benzene rings is 2. The fraction of sp³-hybridized carbons (Fsp3) is 0.238. The van der Waals surface area contributed by atoms with E-state index in [2.05, 4.69) is 11.6 Å². The van der Waals surface area contributed by atoms with Gasteiger partial charge in [-0.1, -0.05) is 18.7 Å². The summed E-state index contributed by atoms with van der Waals surface area (Å²) in [5, 5.41) is 0. The molecule has 0 heterocycles. The molecule has 136 valence electrons. The number of Topliss-reactive ketones (excluding diaryl/α,β-unsaturated/α-hetero) is 1. The molecule has 0 spiro atoms. The Kier molecular flexibility index (Phi) is 6.28. The number of ether oxygens (including phenoxy) is 2. The van der Waals surface area contributed by atoms with Crippen LogP contribution in [0, 0.1) is 12.7 Å². The number of ketones is 1. The van der Waals surface area contributed by atoms with Gasteiger partial charge in [0, 0.05) is 18.7 Å². The average molecular weight is 355 g/mol. The maximum atomic E-state index is 14.1. The van der Waals surface area contributed by atoms with Crippen molar-refractivity contribution in [1.29, 1.82) is 0 Å². The summed E-state index contributed by atoms with van der Waals surface area (Å²) in [6, 6.07) is 8.32. The number of rotatable bonds is 7. The summed E-state index contributed by atoms with van der Waals surface area (Å²) >= 11 is 0. The highest BCUT2D eigenvalue weighted by molar-refractivity contribution is 6.09. The van der Waals surface area contributed by atoms with Crippen LogP contribution in [-0.4, -0.2) is 26.2 Å². The molecular formula is C21H22FNO3. The first kappa shape index (κ1) is 19.4. The average Bonchev–Trinajstić information content (AvgIpc) is 2.61. The molecule has 5 heteroatoms. The van der Waals surface area contributed by atoms with Gasteiger partial charge in [0.1, 0.15) is 11.6 Å². The molecule has 0 aliphatic carbocycles. The van der Waals surface area contributed by atoms with Crippen LogP contribution >= 0.6 is 0 Å². The summed E-state index contributed by atoms with van der Waals surface area (Å²) in [4.78, 5) is 15.6. The second kappa shape index (κ2) is 8.43. The second-order valence-electron chi connectivity index (χ2n) is 5.96. The summed E-state index contributed by atoms with van der Waals surface area (Å²) in [5.41, 5.74) is 3.16. The van der Waals surface area contributed by atoms with Crippen molar-refractivity contribution in [3.63, 3.8) is 0 Å². The first-order valence-electron chi connectivity index (χ1n) is 8.09. The van der Waals surface area contributed by atoms with Crippen molar-refractivity contribution in [2.24, 2.45) is 4.99 Å². The molecule has 0 aromatic heterocycles. The number of aliphatic imine (C=N–C) groups is 1. The molecule has 0 saturated carbocycles. The van der Waals surface area contributed by atoms with Crippen LogP contribution in [0.15, 0.2) is 41.9 Å². The van der Waals surface area contributed by atoms with Crippen LogP contribution in [0.5, 0.6) is 11.5 Å². The van der Waals surface area contributed by atoms with Crippen molar-refractivity contribution in [3.8, 4) is 11.5 Å². The number of carbonyl (C=O) groups is 1. The topological polar surface area (TPSA) is 47.9 Å². The van der Waals surface area contributed by atoms with E-state index in [0.29, 0.717) is 33.9 Å². The molecule has 0 fully saturated rings. The third kappa shape index (κ3) is 4.57. The summed E-state index contributed by atoms with van der Waals surface area (Å²) in [6.07, 6.45) is 1.66. The van der Waals surface area contributed by atoms with Gasteiger partial charge in [0.25, 0.3) is 0 Å². The molecule has 0 aliphatic heterocycles. The van der Waals surface area contributed by atoms with Gasteiger partial charge < -0.3 is 9.47 Å². The third-order valence-corrected chi connectivity index (χ3v) is 3.92. The molecule has 0 atom stereocenters. The molecule has 2 aromatic rings. The molecule has 0 aliphatic rings. The Labute approximate surface area is 153 Å². The lowest BCUT2D eigenvalue weighted by molar-refractivity contribution is -0.116. The zero-order valence-corrected chi connectivity index (χ0v) is 15.4. The number of halogens is 1. The van der Waals surface area contributed by atoms with E-state index >= 15 is 0 Å². The molecular weight excluding hydrogens is 333 g/mol. The highest BCUT2D eigenvalue weighted by Gasteiger charge is 2.09. The minimum Gasteiger partial charge on any atom is -0.493 e. The lowest BCUT2D eigenvalue weighted by atomic mass is 10.0. The van der Waals surface area contributed by atoms with Gasteiger partial charge in [0.15, 0.2) is 11.5 Å². The van der Waals surface area contributed by atoms with E-state index in [4.69, 9.17) is 9.47 Å². The molecule has 0 amide bonds. The van der Waals surface area contributed by atoms with Gasteiger partial charge in [-0.25, -0.2) is 4.39 Å². The van der Waals surface area contributed by atoms with E-state index in [0.717, 1.165) is 5.56 Å². The zero-order chi connectivity index (χ0) is 19.3. The summed E-state index contributed by atoms with van der Waals surface area (Å²) in [5.74, 6) is 0.705. The molecule has 26 heavy (non-hydrogen) atoms. The Bertz CT molecular complexity index is 872. The number of nitrogens with zero attached hydrogens (tertiary/aromatic N) is 1. The van der Waals surface area contributed by atoms with E-state index in [-0.39, 0.29) is 12.2 Å². The number of allylic oxidation sites excluding steroid dienone is 1. The standard InChI is InChI=1S/C21H22FNO3/c1-13-8-20(25-4)21(26-5)11-19(13)23-12-14(2)16-6-7-17(9-15(3)24)18(22)10-16/h6-8,10-12H,2,9H2,1,3-5H3. The zero-order valence-electron chi connectivity index (χ0n) is 15.4. The fourth-order valence-corrected chi connectivity index (χ4v) is 2.49. The van der Waals surface area contributed by atoms with E-state index in [9.17, 15) is 9.18 Å². The Morgan fingerprint density at radius 2 is 1.85 bits per heavy atom. The van der Waals surface area contributed by atoms with Gasteiger partial charge in [0.05, 0.1) is 19.9 Å². The smallest absolute Gasteiger partial charge is 0.162 e. The van der Waals surface area contributed by atoms with Gasteiger partial charge in [-0.05, 0) is 48.2 Å². The number of methoxy groups -OCH3 is 2. The van der Waals surface area contributed by atoms with Crippen molar-refractivity contribution in [1.82, 2.24) is 0 Å². The first-order chi connectivity index (χ1) is 12.3.